The van der Waals surface area contributed by atoms with Gasteiger partial charge in [0.25, 0.3) is 5.91 Å². The average molecular weight is 395 g/mol. The molecule has 0 aliphatic heterocycles. The van der Waals surface area contributed by atoms with Crippen molar-refractivity contribution in [3.8, 4) is 11.3 Å². The van der Waals surface area contributed by atoms with Gasteiger partial charge < -0.3 is 5.32 Å². The maximum atomic E-state index is 13.5. The predicted molar refractivity (Wildman–Crippen MR) is 125 cm³/mol. The molecular weight excluding hydrogens is 368 g/mol. The van der Waals surface area contributed by atoms with Crippen LogP contribution in [0, 0.1) is 13.8 Å². The molecule has 30 heavy (non-hydrogen) atoms. The molecule has 1 amide bonds. The minimum absolute atomic E-state index is 0.104. The summed E-state index contributed by atoms with van der Waals surface area (Å²) < 4.78 is 0. The summed E-state index contributed by atoms with van der Waals surface area (Å²) in [6.07, 6.45) is 0. The third-order valence-electron chi connectivity index (χ3n) is 5.52. The zero-order valence-corrected chi connectivity index (χ0v) is 17.9. The zero-order valence-electron chi connectivity index (χ0n) is 17.9. The van der Waals surface area contributed by atoms with Gasteiger partial charge in [0.15, 0.2) is 0 Å². The van der Waals surface area contributed by atoms with Gasteiger partial charge in [-0.05, 0) is 43.0 Å². The van der Waals surface area contributed by atoms with Crippen LogP contribution in [0.2, 0.25) is 0 Å². The van der Waals surface area contributed by atoms with Crippen LogP contribution >= 0.6 is 0 Å². The second-order valence-corrected chi connectivity index (χ2v) is 8.04. The Morgan fingerprint density at radius 2 is 1.53 bits per heavy atom. The first-order chi connectivity index (χ1) is 14.5. The van der Waals surface area contributed by atoms with E-state index in [1.165, 1.54) is 5.56 Å². The molecule has 1 heterocycles. The Balaban J connectivity index is 1.86. The number of nitrogens with zero attached hydrogens (tertiary/aromatic N) is 1. The van der Waals surface area contributed by atoms with Crippen molar-refractivity contribution in [3.05, 3.63) is 95.1 Å². The molecule has 0 unspecified atom stereocenters. The van der Waals surface area contributed by atoms with Crippen molar-refractivity contribution in [1.82, 2.24) is 4.98 Å². The maximum absolute atomic E-state index is 13.5. The Bertz CT molecular complexity index is 1220. The highest BCUT2D eigenvalue weighted by Gasteiger charge is 2.20. The molecule has 3 heteroatoms. The van der Waals surface area contributed by atoms with E-state index < -0.39 is 0 Å². The number of para-hydroxylation sites is 2. The molecule has 0 aliphatic rings. The predicted octanol–water partition coefficient (Wildman–Crippen LogP) is 6.89. The average Bonchev–Trinajstić information content (AvgIpc) is 2.74. The summed E-state index contributed by atoms with van der Waals surface area (Å²) in [5.41, 5.74) is 7.42. The molecule has 0 saturated carbocycles. The van der Waals surface area contributed by atoms with Gasteiger partial charge in [-0.25, -0.2) is 4.98 Å². The molecule has 0 aliphatic carbocycles. The van der Waals surface area contributed by atoms with Crippen LogP contribution in [0.15, 0.2) is 72.8 Å². The van der Waals surface area contributed by atoms with Crippen LogP contribution in [0.4, 0.5) is 5.69 Å². The molecule has 1 N–H and O–H groups in total. The number of benzene rings is 3. The van der Waals surface area contributed by atoms with Crippen molar-refractivity contribution in [2.45, 2.75) is 33.6 Å². The lowest BCUT2D eigenvalue weighted by Crippen LogP contribution is -2.16. The van der Waals surface area contributed by atoms with Crippen molar-refractivity contribution < 1.29 is 4.79 Å². The third kappa shape index (κ3) is 3.71. The number of anilines is 1. The number of carbonyl (C=O) groups is 1. The van der Waals surface area contributed by atoms with Crippen molar-refractivity contribution in [3.63, 3.8) is 0 Å². The van der Waals surface area contributed by atoms with Gasteiger partial charge >= 0.3 is 0 Å². The van der Waals surface area contributed by atoms with Crippen molar-refractivity contribution in [2.24, 2.45) is 0 Å². The molecule has 4 aromatic rings. The second-order valence-electron chi connectivity index (χ2n) is 8.04. The SMILES string of the molecule is Cc1ccc(-c2nc3ccccc3c(C(=O)Nc3ccccc3C(C)C)c2C)cc1. The number of hydrogen-bond acceptors (Lipinski definition) is 2. The van der Waals surface area contributed by atoms with Crippen molar-refractivity contribution in [1.29, 1.82) is 0 Å². The van der Waals surface area contributed by atoms with Crippen molar-refractivity contribution in [2.75, 3.05) is 5.32 Å². The fourth-order valence-electron chi connectivity index (χ4n) is 3.89. The molecule has 1 aromatic heterocycles. The summed E-state index contributed by atoms with van der Waals surface area (Å²) >= 11 is 0. The Labute approximate surface area is 177 Å². The van der Waals surface area contributed by atoms with Gasteiger partial charge in [0, 0.05) is 16.6 Å². The fraction of sp³-hybridized carbons (Fsp3) is 0.185. The zero-order chi connectivity index (χ0) is 21.3. The van der Waals surface area contributed by atoms with E-state index in [1.54, 1.807) is 0 Å². The van der Waals surface area contributed by atoms with E-state index >= 15 is 0 Å². The molecular formula is C27H26N2O. The van der Waals surface area contributed by atoms with E-state index in [-0.39, 0.29) is 5.91 Å². The summed E-state index contributed by atoms with van der Waals surface area (Å²) in [5, 5.41) is 4.03. The molecule has 0 saturated heterocycles. The van der Waals surface area contributed by atoms with Crippen LogP contribution in [-0.2, 0) is 0 Å². The minimum atomic E-state index is -0.104. The molecule has 0 bridgehead atoms. The number of aryl methyl sites for hydroxylation is 1. The summed E-state index contributed by atoms with van der Waals surface area (Å²) in [6.45, 7) is 8.31. The smallest absolute Gasteiger partial charge is 0.256 e. The van der Waals surface area contributed by atoms with E-state index in [2.05, 4.69) is 56.4 Å². The highest BCUT2D eigenvalue weighted by atomic mass is 16.1. The molecule has 0 atom stereocenters. The third-order valence-corrected chi connectivity index (χ3v) is 5.52. The van der Waals surface area contributed by atoms with Crippen LogP contribution < -0.4 is 5.32 Å². The molecule has 3 aromatic carbocycles. The summed E-state index contributed by atoms with van der Waals surface area (Å²) in [7, 11) is 0. The van der Waals surface area contributed by atoms with Crippen LogP contribution in [0.3, 0.4) is 0 Å². The molecule has 0 spiro atoms. The molecule has 3 nitrogen and oxygen atoms in total. The van der Waals surface area contributed by atoms with Crippen LogP contribution in [0.5, 0.6) is 0 Å². The lowest BCUT2D eigenvalue weighted by Gasteiger charge is -2.17. The second kappa shape index (κ2) is 8.11. The largest absolute Gasteiger partial charge is 0.322 e. The number of carbonyl (C=O) groups excluding carboxylic acids is 1. The number of pyridine rings is 1. The quantitative estimate of drug-likeness (QED) is 0.409. The Kier molecular flexibility index (Phi) is 5.37. The molecule has 4 rings (SSSR count). The van der Waals surface area contributed by atoms with Crippen LogP contribution in [0.1, 0.15) is 46.8 Å². The van der Waals surface area contributed by atoms with E-state index in [9.17, 15) is 4.79 Å². The van der Waals surface area contributed by atoms with Gasteiger partial charge in [0.2, 0.25) is 0 Å². The standard InChI is InChI=1S/C27H26N2O/c1-17(2)21-9-5-7-11-23(21)29-27(30)25-19(4)26(20-15-13-18(3)14-16-20)28-24-12-8-6-10-22(24)25/h5-17H,1-4H3,(H,29,30). The van der Waals surface area contributed by atoms with Gasteiger partial charge in [-0.15, -0.1) is 0 Å². The van der Waals surface area contributed by atoms with Crippen LogP contribution in [-0.4, -0.2) is 10.9 Å². The number of rotatable bonds is 4. The molecule has 0 fully saturated rings. The highest BCUT2D eigenvalue weighted by molar-refractivity contribution is 6.14. The minimum Gasteiger partial charge on any atom is -0.322 e. The van der Waals surface area contributed by atoms with E-state index in [0.29, 0.717) is 11.5 Å². The number of hydrogen-bond donors (Lipinski definition) is 1. The maximum Gasteiger partial charge on any atom is 0.256 e. The first-order valence-corrected chi connectivity index (χ1v) is 10.3. The van der Waals surface area contributed by atoms with Gasteiger partial charge in [-0.3, -0.25) is 4.79 Å². The topological polar surface area (TPSA) is 42.0 Å². The summed E-state index contributed by atoms with van der Waals surface area (Å²) in [6, 6.07) is 24.1. The van der Waals surface area contributed by atoms with E-state index in [0.717, 1.165) is 39.0 Å². The van der Waals surface area contributed by atoms with E-state index in [1.807, 2.05) is 49.4 Å². The number of aromatic nitrogens is 1. The first-order valence-electron chi connectivity index (χ1n) is 10.3. The monoisotopic (exact) mass is 394 g/mol. The lowest BCUT2D eigenvalue weighted by molar-refractivity contribution is 0.102. The number of nitrogens with one attached hydrogen (secondary N) is 1. The van der Waals surface area contributed by atoms with Crippen molar-refractivity contribution >= 4 is 22.5 Å². The highest BCUT2D eigenvalue weighted by Crippen LogP contribution is 2.31. The summed E-state index contributed by atoms with van der Waals surface area (Å²) in [4.78, 5) is 18.4. The summed E-state index contributed by atoms with van der Waals surface area (Å²) in [5.74, 6) is 0.215. The lowest BCUT2D eigenvalue weighted by atomic mass is 9.96. The van der Waals surface area contributed by atoms with Crippen LogP contribution in [0.25, 0.3) is 22.2 Å². The number of fused-ring (bicyclic) bond motifs is 1. The van der Waals surface area contributed by atoms with Gasteiger partial charge in [-0.2, -0.15) is 0 Å². The van der Waals surface area contributed by atoms with E-state index in [4.69, 9.17) is 4.98 Å². The van der Waals surface area contributed by atoms with Gasteiger partial charge in [0.1, 0.15) is 0 Å². The molecule has 0 radical (unpaired) electrons. The Hall–Kier alpha value is -3.46. The van der Waals surface area contributed by atoms with Gasteiger partial charge in [0.05, 0.1) is 16.8 Å². The molecule has 150 valence electrons. The first kappa shape index (κ1) is 19.8. The number of amides is 1. The normalized spacial score (nSPS) is 11.1. The Morgan fingerprint density at radius 3 is 2.27 bits per heavy atom. The van der Waals surface area contributed by atoms with Gasteiger partial charge in [-0.1, -0.05) is 80.1 Å². The Morgan fingerprint density at radius 1 is 0.867 bits per heavy atom. The fourth-order valence-corrected chi connectivity index (χ4v) is 3.89.